The Morgan fingerprint density at radius 1 is 1.07 bits per heavy atom. The number of carbonyl (C=O) groups is 1. The highest BCUT2D eigenvalue weighted by Gasteiger charge is 2.54. The van der Waals surface area contributed by atoms with Crippen LogP contribution in [0.25, 0.3) is 0 Å². The molecule has 2 heterocycles. The molecular weight excluding hydrogens is 588 g/mol. The zero-order chi connectivity index (χ0) is 31.0. The predicted octanol–water partition coefficient (Wildman–Crippen LogP) is 7.80. The quantitative estimate of drug-likeness (QED) is 0.262. The number of fused-ring (bicyclic) bond motifs is 4. The first-order valence-corrected chi connectivity index (χ1v) is 17.0. The number of pyridine rings is 1. The molecule has 1 aromatic heterocycles. The van der Waals surface area contributed by atoms with Gasteiger partial charge < -0.3 is 24.6 Å². The Kier molecular flexibility index (Phi) is 8.32. The van der Waals surface area contributed by atoms with E-state index in [1.165, 1.54) is 35.2 Å². The molecule has 0 saturated heterocycles. The molecule has 45 heavy (non-hydrogen) atoms. The first kappa shape index (κ1) is 30.2. The van der Waals surface area contributed by atoms with Gasteiger partial charge in [-0.3, -0.25) is 4.98 Å². The second kappa shape index (κ2) is 12.4. The van der Waals surface area contributed by atoms with Gasteiger partial charge in [0.15, 0.2) is 11.5 Å². The minimum atomic E-state index is -1.05. The van der Waals surface area contributed by atoms with Gasteiger partial charge in [0.05, 0.1) is 19.8 Å². The molecule has 1 saturated carbocycles. The fourth-order valence-electron chi connectivity index (χ4n) is 8.42. The summed E-state index contributed by atoms with van der Waals surface area (Å²) in [6.45, 7) is 4.24. The Bertz CT molecular complexity index is 1570. The van der Waals surface area contributed by atoms with Crippen LogP contribution in [0.3, 0.4) is 0 Å². The smallest absolute Gasteiger partial charge is 0.329 e. The molecule has 0 amide bonds. The lowest BCUT2D eigenvalue weighted by molar-refractivity contribution is -0.144. The maximum atomic E-state index is 12.9. The number of halogens is 1. The predicted molar refractivity (Wildman–Crippen MR) is 175 cm³/mol. The molecule has 7 rings (SSSR count). The number of carboxylic acids is 1. The number of carboxylic acid groups (broad SMARTS) is 1. The minimum absolute atomic E-state index is 0.140. The summed E-state index contributed by atoms with van der Waals surface area (Å²) >= 11 is 6.26. The summed E-state index contributed by atoms with van der Waals surface area (Å²) in [5, 5.41) is 14.5. The molecule has 1 aliphatic heterocycles. The summed E-state index contributed by atoms with van der Waals surface area (Å²) in [6.07, 6.45) is 11.7. The Morgan fingerprint density at radius 3 is 2.62 bits per heavy atom. The van der Waals surface area contributed by atoms with E-state index in [0.29, 0.717) is 49.5 Å². The van der Waals surface area contributed by atoms with E-state index in [2.05, 4.69) is 29.4 Å². The summed E-state index contributed by atoms with van der Waals surface area (Å²) < 4.78 is 18.7. The van der Waals surface area contributed by atoms with Crippen molar-refractivity contribution in [1.82, 2.24) is 4.98 Å². The van der Waals surface area contributed by atoms with Crippen LogP contribution in [-0.2, 0) is 29.5 Å². The van der Waals surface area contributed by atoms with Gasteiger partial charge in [-0.2, -0.15) is 0 Å². The summed E-state index contributed by atoms with van der Waals surface area (Å²) in [7, 11) is 0. The number of nitrogens with zero attached hydrogens (tertiary/aromatic N) is 1. The second-order valence-electron chi connectivity index (χ2n) is 13.7. The van der Waals surface area contributed by atoms with Gasteiger partial charge in [0, 0.05) is 34.6 Å². The lowest BCUT2D eigenvalue weighted by Crippen LogP contribution is -2.53. The second-order valence-corrected chi connectivity index (χ2v) is 14.1. The van der Waals surface area contributed by atoms with Crippen molar-refractivity contribution in [2.45, 2.75) is 88.5 Å². The van der Waals surface area contributed by atoms with Crippen LogP contribution in [0.2, 0.25) is 5.02 Å². The average molecular weight is 631 g/mol. The molecule has 4 aliphatic rings. The zero-order valence-corrected chi connectivity index (χ0v) is 26.8. The third kappa shape index (κ3) is 5.84. The summed E-state index contributed by atoms with van der Waals surface area (Å²) in [5.74, 6) is 2.52. The van der Waals surface area contributed by atoms with Gasteiger partial charge in [-0.05, 0) is 129 Å². The number of ether oxygens (including phenoxy) is 3. The van der Waals surface area contributed by atoms with Crippen molar-refractivity contribution < 1.29 is 24.1 Å². The van der Waals surface area contributed by atoms with Gasteiger partial charge in [-0.15, -0.1) is 0 Å². The van der Waals surface area contributed by atoms with E-state index >= 15 is 0 Å². The van der Waals surface area contributed by atoms with E-state index in [9.17, 15) is 9.90 Å². The Hall–Kier alpha value is -3.45. The third-order valence-electron chi connectivity index (χ3n) is 10.8. The van der Waals surface area contributed by atoms with Crippen molar-refractivity contribution in [3.05, 3.63) is 76.1 Å². The molecule has 0 bridgehead atoms. The van der Waals surface area contributed by atoms with Crippen LogP contribution in [0.5, 0.6) is 17.2 Å². The van der Waals surface area contributed by atoms with Gasteiger partial charge in [0.25, 0.3) is 0 Å². The Morgan fingerprint density at radius 2 is 1.84 bits per heavy atom. The topological polar surface area (TPSA) is 89.9 Å². The van der Waals surface area contributed by atoms with Crippen LogP contribution >= 0.6 is 11.6 Å². The van der Waals surface area contributed by atoms with Crippen molar-refractivity contribution in [2.75, 3.05) is 25.1 Å². The molecular formula is C37H43ClN2O5. The number of hydrogen-bond acceptors (Lipinski definition) is 6. The zero-order valence-electron chi connectivity index (χ0n) is 26.1. The van der Waals surface area contributed by atoms with Crippen LogP contribution in [0.1, 0.15) is 80.7 Å². The van der Waals surface area contributed by atoms with Crippen molar-refractivity contribution in [1.29, 1.82) is 0 Å². The fraction of sp³-hybridized carbons (Fsp3) is 0.514. The first-order chi connectivity index (χ1) is 21.8. The largest absolute Gasteiger partial charge is 0.493 e. The number of anilines is 1. The van der Waals surface area contributed by atoms with Crippen molar-refractivity contribution >= 4 is 23.3 Å². The van der Waals surface area contributed by atoms with Crippen molar-refractivity contribution in [3.8, 4) is 17.2 Å². The van der Waals surface area contributed by atoms with E-state index < -0.39 is 11.5 Å². The van der Waals surface area contributed by atoms with Gasteiger partial charge in [0.2, 0.25) is 0 Å². The number of benzene rings is 2. The molecule has 2 N–H and O–H groups in total. The number of aliphatic carboxylic acids is 1. The molecule has 2 atom stereocenters. The summed E-state index contributed by atoms with van der Waals surface area (Å²) in [6, 6.07) is 13.8. The van der Waals surface area contributed by atoms with Crippen LogP contribution in [-0.4, -0.2) is 41.4 Å². The highest BCUT2D eigenvalue weighted by molar-refractivity contribution is 6.30. The molecule has 238 valence electrons. The normalized spacial score (nSPS) is 26.0. The number of aromatic nitrogens is 1. The lowest BCUT2D eigenvalue weighted by Gasteiger charge is -2.47. The van der Waals surface area contributed by atoms with Gasteiger partial charge >= 0.3 is 5.97 Å². The highest BCUT2D eigenvalue weighted by atomic mass is 35.5. The number of nitrogens with one attached hydrogen (secondary N) is 1. The van der Waals surface area contributed by atoms with Crippen LogP contribution < -0.4 is 19.5 Å². The van der Waals surface area contributed by atoms with Crippen LogP contribution in [0.15, 0.2) is 48.7 Å². The molecule has 7 nitrogen and oxygen atoms in total. The highest BCUT2D eigenvalue weighted by Crippen LogP contribution is 2.58. The fourth-order valence-corrected chi connectivity index (χ4v) is 8.61. The Balaban J connectivity index is 1.15. The average Bonchev–Trinajstić information content (AvgIpc) is 3.16. The number of rotatable bonds is 8. The molecule has 3 aliphatic carbocycles. The number of aryl methyl sites for hydroxylation is 1. The van der Waals surface area contributed by atoms with E-state index in [-0.39, 0.29) is 5.41 Å². The van der Waals surface area contributed by atoms with E-state index in [1.54, 1.807) is 12.1 Å². The monoisotopic (exact) mass is 630 g/mol. The molecule has 0 radical (unpaired) electrons. The molecule has 1 spiro atoms. The molecule has 2 aromatic carbocycles. The molecule has 1 unspecified atom stereocenters. The number of hydrogen-bond donors (Lipinski definition) is 2. The maximum absolute atomic E-state index is 12.9. The lowest BCUT2D eigenvalue weighted by atomic mass is 9.59. The molecule has 3 aromatic rings. The molecule has 1 fully saturated rings. The van der Waals surface area contributed by atoms with Crippen LogP contribution in [0.4, 0.5) is 5.69 Å². The first-order valence-electron chi connectivity index (χ1n) is 16.6. The maximum Gasteiger partial charge on any atom is 0.329 e. The Labute approximate surface area is 270 Å². The standard InChI is InChI=1S/C37H43ClN2O5/c1-24(23-45-32-10-15-39-31-9-3-2-8-29(31)32)18-26-19-25-20-33-34(44-17-5-16-43-33)22-30(25)36(26)11-13-37(14-12-36,35(41)42)40-28-7-4-6-27(38)21-28/h4,6-7,10,15,20-22,24,26,40H,2-3,5,8-9,11-14,16-19,23H2,1H3,(H,41,42)/t24-,26?,36?,37?/m1/s1. The molecule has 8 heteroatoms. The van der Waals surface area contributed by atoms with Crippen molar-refractivity contribution in [3.63, 3.8) is 0 Å². The summed E-state index contributed by atoms with van der Waals surface area (Å²) in [4.78, 5) is 17.5. The van der Waals surface area contributed by atoms with Gasteiger partial charge in [-0.1, -0.05) is 24.6 Å². The summed E-state index contributed by atoms with van der Waals surface area (Å²) in [5.41, 5.74) is 4.65. The van der Waals surface area contributed by atoms with E-state index in [4.69, 9.17) is 25.8 Å². The van der Waals surface area contributed by atoms with Gasteiger partial charge in [0.1, 0.15) is 11.3 Å². The van der Waals surface area contributed by atoms with Gasteiger partial charge in [-0.25, -0.2) is 4.79 Å². The van der Waals surface area contributed by atoms with E-state index in [1.807, 2.05) is 24.4 Å². The minimum Gasteiger partial charge on any atom is -0.493 e. The van der Waals surface area contributed by atoms with Crippen molar-refractivity contribution in [2.24, 2.45) is 11.8 Å². The van der Waals surface area contributed by atoms with Crippen LogP contribution in [0, 0.1) is 11.8 Å². The van der Waals surface area contributed by atoms with E-state index in [0.717, 1.165) is 67.9 Å². The SMILES string of the molecule is C[C@@H](COc1ccnc2c1CCCC2)CC1Cc2cc3c(cc2C12CCC(Nc1cccc(Cl)c1)(C(=O)O)CC2)OCCCO3. The third-order valence-corrected chi connectivity index (χ3v) is 11.0.